The van der Waals surface area contributed by atoms with Crippen molar-refractivity contribution in [1.29, 1.82) is 0 Å². The molecule has 3 heterocycles. The fourth-order valence-corrected chi connectivity index (χ4v) is 7.36. The van der Waals surface area contributed by atoms with E-state index in [1.807, 2.05) is 25.1 Å². The summed E-state index contributed by atoms with van der Waals surface area (Å²) in [6.07, 6.45) is 8.06. The molecule has 1 aliphatic carbocycles. The maximum absolute atomic E-state index is 13.8. The van der Waals surface area contributed by atoms with E-state index in [0.717, 1.165) is 55.5 Å². The van der Waals surface area contributed by atoms with E-state index in [1.165, 1.54) is 24.0 Å². The van der Waals surface area contributed by atoms with Crippen molar-refractivity contribution in [3.05, 3.63) is 64.7 Å². The molecule has 1 N–H and O–H groups in total. The van der Waals surface area contributed by atoms with Crippen LogP contribution in [0.15, 0.2) is 42.5 Å². The zero-order chi connectivity index (χ0) is 25.6. The van der Waals surface area contributed by atoms with Crippen molar-refractivity contribution in [3.8, 4) is 5.75 Å². The molecule has 1 amide bonds. The summed E-state index contributed by atoms with van der Waals surface area (Å²) in [6, 6.07) is 14.5. The minimum atomic E-state index is -0.825. The average molecular weight is 504 g/mol. The monoisotopic (exact) mass is 503 g/mol. The van der Waals surface area contributed by atoms with Gasteiger partial charge in [0.2, 0.25) is 5.91 Å². The van der Waals surface area contributed by atoms with Crippen molar-refractivity contribution in [2.24, 2.45) is 5.92 Å². The Bertz CT molecular complexity index is 1210. The quantitative estimate of drug-likeness (QED) is 0.602. The second kappa shape index (κ2) is 9.46. The van der Waals surface area contributed by atoms with Gasteiger partial charge in [-0.15, -0.1) is 0 Å². The van der Waals surface area contributed by atoms with Crippen LogP contribution in [0.4, 0.5) is 0 Å². The molecule has 0 bridgehead atoms. The van der Waals surface area contributed by atoms with Crippen molar-refractivity contribution in [2.45, 2.75) is 88.4 Å². The number of para-hydroxylation sites is 1. The van der Waals surface area contributed by atoms with Crippen LogP contribution >= 0.6 is 0 Å². The van der Waals surface area contributed by atoms with Gasteiger partial charge in [0, 0.05) is 24.4 Å². The van der Waals surface area contributed by atoms with Gasteiger partial charge in [-0.05, 0) is 81.0 Å². The number of carbonyl (C=O) groups is 2. The number of fused-ring (bicyclic) bond motifs is 4. The third-order valence-corrected chi connectivity index (χ3v) is 9.35. The van der Waals surface area contributed by atoms with Crippen molar-refractivity contribution in [3.63, 3.8) is 0 Å². The molecule has 0 saturated carbocycles. The second-order valence-corrected chi connectivity index (χ2v) is 11.7. The van der Waals surface area contributed by atoms with E-state index in [-0.39, 0.29) is 29.9 Å². The van der Waals surface area contributed by atoms with Crippen molar-refractivity contribution >= 4 is 11.9 Å². The molecule has 2 aromatic carbocycles. The predicted molar refractivity (Wildman–Crippen MR) is 140 cm³/mol. The van der Waals surface area contributed by atoms with Gasteiger partial charge in [-0.1, -0.05) is 36.4 Å². The number of hydrogen-bond donors (Lipinski definition) is 1. The first kappa shape index (κ1) is 24.5. The van der Waals surface area contributed by atoms with Gasteiger partial charge in [0.15, 0.2) is 0 Å². The van der Waals surface area contributed by atoms with Crippen LogP contribution in [0.1, 0.15) is 80.2 Å². The van der Waals surface area contributed by atoms with E-state index in [1.54, 1.807) is 0 Å². The number of aryl methyl sites for hydroxylation is 2. The van der Waals surface area contributed by atoms with Gasteiger partial charge in [-0.25, -0.2) is 0 Å². The molecular formula is C31H37NO5. The van der Waals surface area contributed by atoms with Gasteiger partial charge in [0.05, 0.1) is 24.7 Å². The first-order valence-corrected chi connectivity index (χ1v) is 13.9. The van der Waals surface area contributed by atoms with E-state index >= 15 is 0 Å². The molecule has 6 heteroatoms. The lowest BCUT2D eigenvalue weighted by Crippen LogP contribution is -2.60. The summed E-state index contributed by atoms with van der Waals surface area (Å²) in [7, 11) is 0. The number of amides is 1. The molecule has 196 valence electrons. The summed E-state index contributed by atoms with van der Waals surface area (Å²) in [6.45, 7) is 3.28. The molecule has 0 unspecified atom stereocenters. The van der Waals surface area contributed by atoms with Gasteiger partial charge < -0.3 is 19.5 Å². The molecule has 6 nitrogen and oxygen atoms in total. The lowest BCUT2D eigenvalue weighted by Gasteiger charge is -2.54. The Morgan fingerprint density at radius 2 is 1.89 bits per heavy atom. The minimum absolute atomic E-state index is 0.0346. The maximum Gasteiger partial charge on any atom is 0.303 e. The summed E-state index contributed by atoms with van der Waals surface area (Å²) in [5.74, 6) is 0.0843. The van der Waals surface area contributed by atoms with Crippen molar-refractivity contribution < 1.29 is 24.2 Å². The van der Waals surface area contributed by atoms with Gasteiger partial charge in [-0.3, -0.25) is 9.59 Å². The van der Waals surface area contributed by atoms with Gasteiger partial charge in [-0.2, -0.15) is 0 Å². The highest BCUT2D eigenvalue weighted by Gasteiger charge is 2.57. The van der Waals surface area contributed by atoms with Crippen LogP contribution in [0.3, 0.4) is 0 Å². The van der Waals surface area contributed by atoms with E-state index in [9.17, 15) is 14.7 Å². The summed E-state index contributed by atoms with van der Waals surface area (Å²) < 4.78 is 13.2. The lowest BCUT2D eigenvalue weighted by atomic mass is 9.68. The molecular weight excluding hydrogens is 466 g/mol. The molecule has 3 aliphatic heterocycles. The van der Waals surface area contributed by atoms with Crippen LogP contribution in [0.5, 0.6) is 5.75 Å². The number of likely N-dealkylation sites (tertiary alicyclic amines) is 1. The Labute approximate surface area is 219 Å². The molecule has 4 atom stereocenters. The Hall–Kier alpha value is -2.86. The van der Waals surface area contributed by atoms with Gasteiger partial charge in [0.25, 0.3) is 0 Å². The number of benzene rings is 2. The normalized spacial score (nSPS) is 30.2. The second-order valence-electron chi connectivity index (χ2n) is 11.7. The molecule has 2 aromatic rings. The molecule has 2 saturated heterocycles. The molecule has 0 radical (unpaired) electrons. The largest absolute Gasteiger partial charge is 0.487 e. The number of carboxylic acids is 1. The molecule has 1 spiro atoms. The van der Waals surface area contributed by atoms with Crippen LogP contribution in [0, 0.1) is 5.92 Å². The Balaban J connectivity index is 1.26. The number of aliphatic carboxylic acids is 1. The van der Waals surface area contributed by atoms with Crippen LogP contribution in [0.25, 0.3) is 0 Å². The summed E-state index contributed by atoms with van der Waals surface area (Å²) in [5, 5.41) is 9.44. The number of carbonyl (C=O) groups excluding carboxylic acids is 1. The van der Waals surface area contributed by atoms with E-state index < -0.39 is 11.6 Å². The first-order valence-electron chi connectivity index (χ1n) is 13.9. The Kier molecular flexibility index (Phi) is 6.26. The third kappa shape index (κ3) is 4.43. The summed E-state index contributed by atoms with van der Waals surface area (Å²) in [4.78, 5) is 27.3. The summed E-state index contributed by atoms with van der Waals surface area (Å²) >= 11 is 0. The van der Waals surface area contributed by atoms with E-state index in [0.29, 0.717) is 19.4 Å². The van der Waals surface area contributed by atoms with E-state index in [2.05, 4.69) is 29.2 Å². The van der Waals surface area contributed by atoms with Gasteiger partial charge in [0.1, 0.15) is 11.4 Å². The van der Waals surface area contributed by atoms with Crippen LogP contribution in [-0.2, 0) is 33.6 Å². The number of ether oxygens (including phenoxy) is 2. The molecule has 4 aliphatic rings. The SMILES string of the molecule is C[C@@]1(CCC(=O)O)Oc2ccccc2[C@@H]2OC[C@]3(CCCN3C(=O)Cc3ccc4c(c3)CCCC4)C[C@H]21. The third-order valence-electron chi connectivity index (χ3n) is 9.35. The highest BCUT2D eigenvalue weighted by atomic mass is 16.5. The predicted octanol–water partition coefficient (Wildman–Crippen LogP) is 5.26. The molecule has 37 heavy (non-hydrogen) atoms. The van der Waals surface area contributed by atoms with Crippen LogP contribution in [0.2, 0.25) is 0 Å². The van der Waals surface area contributed by atoms with E-state index in [4.69, 9.17) is 9.47 Å². The fraction of sp³-hybridized carbons (Fsp3) is 0.548. The maximum atomic E-state index is 13.8. The smallest absolute Gasteiger partial charge is 0.303 e. The Morgan fingerprint density at radius 1 is 1.08 bits per heavy atom. The Morgan fingerprint density at radius 3 is 2.73 bits per heavy atom. The zero-order valence-electron chi connectivity index (χ0n) is 21.7. The van der Waals surface area contributed by atoms with Gasteiger partial charge >= 0.3 is 5.97 Å². The number of rotatable bonds is 5. The average Bonchev–Trinajstić information content (AvgIpc) is 3.30. The lowest BCUT2D eigenvalue weighted by molar-refractivity contribution is -0.179. The molecule has 6 rings (SSSR count). The number of nitrogens with zero attached hydrogens (tertiary/aromatic N) is 1. The highest BCUT2D eigenvalue weighted by molar-refractivity contribution is 5.80. The number of hydrogen-bond acceptors (Lipinski definition) is 4. The van der Waals surface area contributed by atoms with Crippen LogP contribution in [-0.4, -0.2) is 46.2 Å². The zero-order valence-corrected chi connectivity index (χ0v) is 21.7. The fourth-order valence-electron chi connectivity index (χ4n) is 7.36. The minimum Gasteiger partial charge on any atom is -0.487 e. The standard InChI is InChI=1S/C31H37NO5/c1-30(15-13-28(34)35)25-19-31(20-36-29(25)24-9-4-5-10-26(24)37-30)14-6-16-32(31)27(33)18-21-11-12-22-7-2-3-8-23(22)17-21/h4-5,9-12,17,25,29H,2-3,6-8,13-16,18-20H2,1H3,(H,34,35)/t25-,29+,30+,31+/m1/s1. The topological polar surface area (TPSA) is 76.1 Å². The highest BCUT2D eigenvalue weighted by Crippen LogP contribution is 2.55. The van der Waals surface area contributed by atoms with Crippen LogP contribution < -0.4 is 4.74 Å². The van der Waals surface area contributed by atoms with Crippen molar-refractivity contribution in [2.75, 3.05) is 13.2 Å². The summed E-state index contributed by atoms with van der Waals surface area (Å²) in [5.41, 5.74) is 3.92. The molecule has 2 fully saturated rings. The van der Waals surface area contributed by atoms with Crippen molar-refractivity contribution in [1.82, 2.24) is 4.90 Å². The first-order chi connectivity index (χ1) is 17.9. The molecule has 0 aromatic heterocycles. The number of carboxylic acid groups (broad SMARTS) is 1.